The third-order valence-corrected chi connectivity index (χ3v) is 2.18. The minimum Gasteiger partial charge on any atom is -0.481 e. The van der Waals surface area contributed by atoms with Crippen LogP contribution in [0.4, 0.5) is 0 Å². The Morgan fingerprint density at radius 1 is 1.56 bits per heavy atom. The molecule has 0 aromatic heterocycles. The van der Waals surface area contributed by atoms with Crippen LogP contribution in [-0.2, 0) is 9.59 Å². The van der Waals surface area contributed by atoms with E-state index in [4.69, 9.17) is 16.3 Å². The number of carbonyl (C=O) groups is 1. The van der Waals surface area contributed by atoms with Crippen LogP contribution in [0.3, 0.4) is 0 Å². The fraction of sp³-hybridized carbons (Fsp3) is 0.273. The molecule has 1 amide bonds. The smallest absolute Gasteiger partial charge is 0.297 e. The van der Waals surface area contributed by atoms with Crippen molar-refractivity contribution in [2.75, 3.05) is 0 Å². The van der Waals surface area contributed by atoms with Crippen molar-refractivity contribution >= 4 is 23.6 Å². The zero-order valence-corrected chi connectivity index (χ0v) is 9.62. The van der Waals surface area contributed by atoms with Crippen molar-refractivity contribution in [2.45, 2.75) is 20.0 Å². The molecule has 0 spiro atoms. The summed E-state index contributed by atoms with van der Waals surface area (Å²) in [4.78, 5) is 24.0. The van der Waals surface area contributed by atoms with E-state index in [9.17, 15) is 9.59 Å². The first-order valence-corrected chi connectivity index (χ1v) is 4.97. The van der Waals surface area contributed by atoms with Gasteiger partial charge in [0.25, 0.3) is 5.91 Å². The molecule has 1 aromatic rings. The summed E-state index contributed by atoms with van der Waals surface area (Å²) in [5.74, 6) is -0.129. The van der Waals surface area contributed by atoms with Crippen molar-refractivity contribution in [3.63, 3.8) is 0 Å². The summed E-state index contributed by atoms with van der Waals surface area (Å²) in [5, 5.41) is 0.592. The van der Waals surface area contributed by atoms with Crippen LogP contribution in [0.5, 0.6) is 5.75 Å². The van der Waals surface area contributed by atoms with Crippen molar-refractivity contribution in [1.82, 2.24) is 0 Å². The lowest BCUT2D eigenvalue weighted by molar-refractivity contribution is -0.123. The van der Waals surface area contributed by atoms with E-state index < -0.39 is 12.0 Å². The van der Waals surface area contributed by atoms with E-state index in [1.807, 2.05) is 0 Å². The summed E-state index contributed by atoms with van der Waals surface area (Å²) >= 11 is 5.77. The minimum atomic E-state index is -0.818. The van der Waals surface area contributed by atoms with Gasteiger partial charge in [0.1, 0.15) is 5.75 Å². The van der Waals surface area contributed by atoms with Crippen molar-refractivity contribution in [3.8, 4) is 5.75 Å². The molecule has 0 saturated heterocycles. The third-order valence-electron chi connectivity index (χ3n) is 1.94. The van der Waals surface area contributed by atoms with Gasteiger partial charge >= 0.3 is 0 Å². The van der Waals surface area contributed by atoms with Gasteiger partial charge in [0.05, 0.1) is 0 Å². The molecule has 1 rings (SSSR count). The number of aliphatic imine (C=N–C) groups is 1. The van der Waals surface area contributed by atoms with E-state index in [0.717, 1.165) is 5.56 Å². The highest BCUT2D eigenvalue weighted by atomic mass is 35.5. The standard InChI is InChI=1S/C11H10ClNO3/c1-7-5-9(12)3-4-10(7)16-8(2)11(15)13-6-14/h3-5,8H,1-2H3. The molecule has 0 heterocycles. The first-order valence-electron chi connectivity index (χ1n) is 4.59. The molecule has 0 saturated carbocycles. The first-order chi connectivity index (χ1) is 7.54. The van der Waals surface area contributed by atoms with Crippen molar-refractivity contribution in [3.05, 3.63) is 28.8 Å². The monoisotopic (exact) mass is 239 g/mol. The van der Waals surface area contributed by atoms with Gasteiger partial charge < -0.3 is 4.74 Å². The number of nitrogens with zero attached hydrogens (tertiary/aromatic N) is 1. The first kappa shape index (κ1) is 12.4. The summed E-state index contributed by atoms with van der Waals surface area (Å²) in [6.45, 7) is 3.32. The molecule has 1 atom stereocenters. The van der Waals surface area contributed by atoms with Gasteiger partial charge in [-0.25, -0.2) is 4.79 Å². The largest absolute Gasteiger partial charge is 0.481 e. The number of amides is 1. The van der Waals surface area contributed by atoms with Crippen molar-refractivity contribution < 1.29 is 14.3 Å². The molecule has 0 aliphatic heterocycles. The second kappa shape index (κ2) is 5.45. The second-order valence-electron chi connectivity index (χ2n) is 3.21. The molecule has 5 heteroatoms. The number of carbonyl (C=O) groups excluding carboxylic acids is 2. The Morgan fingerprint density at radius 2 is 2.25 bits per heavy atom. The molecular weight excluding hydrogens is 230 g/mol. The van der Waals surface area contributed by atoms with Crippen LogP contribution in [0.25, 0.3) is 0 Å². The number of halogens is 1. The average Bonchev–Trinajstić information content (AvgIpc) is 2.22. The number of benzene rings is 1. The number of hydrogen-bond donors (Lipinski definition) is 0. The Bertz CT molecular complexity index is 453. The van der Waals surface area contributed by atoms with E-state index in [-0.39, 0.29) is 0 Å². The Labute approximate surface area is 97.9 Å². The zero-order chi connectivity index (χ0) is 12.1. The quantitative estimate of drug-likeness (QED) is 0.601. The molecule has 0 fully saturated rings. The summed E-state index contributed by atoms with van der Waals surface area (Å²) in [5.41, 5.74) is 0.808. The minimum absolute atomic E-state index is 0.534. The fourth-order valence-electron chi connectivity index (χ4n) is 1.12. The van der Waals surface area contributed by atoms with Crippen molar-refractivity contribution in [1.29, 1.82) is 0 Å². The number of rotatable bonds is 3. The molecule has 16 heavy (non-hydrogen) atoms. The molecule has 0 bridgehead atoms. The lowest BCUT2D eigenvalue weighted by Gasteiger charge is -2.12. The van der Waals surface area contributed by atoms with Crippen LogP contribution >= 0.6 is 11.6 Å². The average molecular weight is 240 g/mol. The molecule has 4 nitrogen and oxygen atoms in total. The van der Waals surface area contributed by atoms with Crippen LogP contribution in [0.2, 0.25) is 5.02 Å². The summed E-state index contributed by atoms with van der Waals surface area (Å²) in [7, 11) is 0. The molecular formula is C11H10ClNO3. The Hall–Kier alpha value is -1.64. The SMILES string of the molecule is Cc1cc(Cl)ccc1OC(C)C(=O)N=C=O. The van der Waals surface area contributed by atoms with Gasteiger partial charge in [-0.1, -0.05) is 11.6 Å². The molecule has 0 N–H and O–H groups in total. The van der Waals surface area contributed by atoms with Crippen LogP contribution in [0.15, 0.2) is 23.2 Å². The molecule has 0 aliphatic rings. The van der Waals surface area contributed by atoms with Crippen LogP contribution in [0.1, 0.15) is 12.5 Å². The van der Waals surface area contributed by atoms with Crippen LogP contribution in [0, 0.1) is 6.92 Å². The van der Waals surface area contributed by atoms with Gasteiger partial charge in [0, 0.05) is 5.02 Å². The number of ether oxygens (including phenoxy) is 1. The van der Waals surface area contributed by atoms with E-state index >= 15 is 0 Å². The fourth-order valence-corrected chi connectivity index (χ4v) is 1.35. The number of hydrogen-bond acceptors (Lipinski definition) is 3. The number of aryl methyl sites for hydroxylation is 1. The zero-order valence-electron chi connectivity index (χ0n) is 8.86. The molecule has 1 aromatic carbocycles. The van der Waals surface area contributed by atoms with Crippen LogP contribution in [-0.4, -0.2) is 18.1 Å². The predicted octanol–water partition coefficient (Wildman–Crippen LogP) is 2.28. The normalized spacial score (nSPS) is 11.4. The highest BCUT2D eigenvalue weighted by Crippen LogP contribution is 2.22. The van der Waals surface area contributed by atoms with Gasteiger partial charge in [-0.2, -0.15) is 0 Å². The highest BCUT2D eigenvalue weighted by molar-refractivity contribution is 6.30. The van der Waals surface area contributed by atoms with Crippen LogP contribution < -0.4 is 4.74 Å². The lowest BCUT2D eigenvalue weighted by Crippen LogP contribution is -2.22. The van der Waals surface area contributed by atoms with Gasteiger partial charge in [-0.15, -0.1) is 4.99 Å². The summed E-state index contributed by atoms with van der Waals surface area (Å²) in [6, 6.07) is 5.03. The summed E-state index contributed by atoms with van der Waals surface area (Å²) < 4.78 is 5.33. The highest BCUT2D eigenvalue weighted by Gasteiger charge is 2.14. The van der Waals surface area contributed by atoms with E-state index in [1.54, 1.807) is 25.1 Å². The Kier molecular flexibility index (Phi) is 4.23. The maximum Gasteiger partial charge on any atom is 0.297 e. The topological polar surface area (TPSA) is 55.7 Å². The Morgan fingerprint density at radius 3 is 2.81 bits per heavy atom. The lowest BCUT2D eigenvalue weighted by atomic mass is 10.2. The maximum absolute atomic E-state index is 11.1. The molecule has 0 aliphatic carbocycles. The maximum atomic E-state index is 11.1. The van der Waals surface area contributed by atoms with Crippen molar-refractivity contribution in [2.24, 2.45) is 4.99 Å². The van der Waals surface area contributed by atoms with E-state index in [0.29, 0.717) is 10.8 Å². The van der Waals surface area contributed by atoms with Gasteiger partial charge in [-0.3, -0.25) is 4.79 Å². The third kappa shape index (κ3) is 3.19. The molecule has 1 unspecified atom stereocenters. The summed E-state index contributed by atoms with van der Waals surface area (Å²) in [6.07, 6.45) is 0.364. The van der Waals surface area contributed by atoms with Gasteiger partial charge in [0.15, 0.2) is 6.10 Å². The van der Waals surface area contributed by atoms with Gasteiger partial charge in [0.2, 0.25) is 6.08 Å². The molecule has 0 radical (unpaired) electrons. The second-order valence-corrected chi connectivity index (χ2v) is 3.65. The predicted molar refractivity (Wildman–Crippen MR) is 59.4 cm³/mol. The van der Waals surface area contributed by atoms with Gasteiger partial charge in [-0.05, 0) is 37.6 Å². The molecule has 84 valence electrons. The number of isocyanates is 1. The van der Waals surface area contributed by atoms with E-state index in [2.05, 4.69) is 4.99 Å². The van der Waals surface area contributed by atoms with E-state index in [1.165, 1.54) is 13.0 Å². The Balaban J connectivity index is 2.80.